The molecule has 0 aromatic heterocycles. The Balaban J connectivity index is 1.56. The monoisotopic (exact) mass is 226 g/mol. The molecule has 2 rings (SSSR count). The van der Waals surface area contributed by atoms with Gasteiger partial charge in [0.15, 0.2) is 0 Å². The molecule has 0 aromatic rings. The molecule has 2 aliphatic rings. The lowest BCUT2D eigenvalue weighted by molar-refractivity contribution is -0.0947. The van der Waals surface area contributed by atoms with Crippen molar-refractivity contribution in [2.45, 2.75) is 44.6 Å². The summed E-state index contributed by atoms with van der Waals surface area (Å²) in [7, 11) is 0. The fourth-order valence-electron chi connectivity index (χ4n) is 2.20. The predicted octanol–water partition coefficient (Wildman–Crippen LogP) is 2.66. The van der Waals surface area contributed by atoms with Gasteiger partial charge in [-0.1, -0.05) is 6.42 Å². The molecular weight excluding hydrogens is 204 g/mol. The molecule has 1 saturated carbocycles. The van der Waals surface area contributed by atoms with Crippen LogP contribution in [0.3, 0.4) is 0 Å². The SMILES string of the molecule is C(OCCC1COCCO1)=C1CCCCC1. The fourth-order valence-corrected chi connectivity index (χ4v) is 2.20. The van der Waals surface area contributed by atoms with Crippen LogP contribution >= 0.6 is 0 Å². The first-order valence-electron chi connectivity index (χ1n) is 6.44. The van der Waals surface area contributed by atoms with Crippen LogP contribution in [0.2, 0.25) is 0 Å². The summed E-state index contributed by atoms with van der Waals surface area (Å²) in [5.74, 6) is 0. The zero-order valence-corrected chi connectivity index (χ0v) is 9.95. The minimum absolute atomic E-state index is 0.235. The van der Waals surface area contributed by atoms with Crippen molar-refractivity contribution in [2.75, 3.05) is 26.4 Å². The summed E-state index contributed by atoms with van der Waals surface area (Å²) in [4.78, 5) is 0. The molecule has 3 nitrogen and oxygen atoms in total. The summed E-state index contributed by atoms with van der Waals surface area (Å²) in [5.41, 5.74) is 1.48. The van der Waals surface area contributed by atoms with E-state index in [0.717, 1.165) is 32.8 Å². The van der Waals surface area contributed by atoms with Gasteiger partial charge in [-0.25, -0.2) is 0 Å². The van der Waals surface area contributed by atoms with Gasteiger partial charge in [0.25, 0.3) is 0 Å². The van der Waals surface area contributed by atoms with Gasteiger partial charge in [-0.15, -0.1) is 0 Å². The number of ether oxygens (including phenoxy) is 3. The van der Waals surface area contributed by atoms with Crippen LogP contribution in [0.4, 0.5) is 0 Å². The molecule has 1 aliphatic carbocycles. The lowest BCUT2D eigenvalue weighted by Crippen LogP contribution is -2.29. The Hall–Kier alpha value is -0.540. The van der Waals surface area contributed by atoms with E-state index in [1.54, 1.807) is 0 Å². The molecular formula is C13H22O3. The van der Waals surface area contributed by atoms with E-state index in [1.165, 1.54) is 37.7 Å². The van der Waals surface area contributed by atoms with E-state index < -0.39 is 0 Å². The molecule has 16 heavy (non-hydrogen) atoms. The lowest BCUT2D eigenvalue weighted by Gasteiger charge is -2.22. The van der Waals surface area contributed by atoms with Gasteiger partial charge >= 0.3 is 0 Å². The zero-order valence-electron chi connectivity index (χ0n) is 9.95. The van der Waals surface area contributed by atoms with E-state index >= 15 is 0 Å². The van der Waals surface area contributed by atoms with Crippen molar-refractivity contribution in [1.82, 2.24) is 0 Å². The quantitative estimate of drug-likeness (QED) is 0.545. The van der Waals surface area contributed by atoms with E-state index in [2.05, 4.69) is 0 Å². The van der Waals surface area contributed by atoms with Gasteiger partial charge in [0, 0.05) is 6.42 Å². The average molecular weight is 226 g/mol. The molecule has 1 atom stereocenters. The molecule has 1 saturated heterocycles. The van der Waals surface area contributed by atoms with Crippen LogP contribution in [0.5, 0.6) is 0 Å². The van der Waals surface area contributed by atoms with E-state index in [1.807, 2.05) is 6.26 Å². The first-order chi connectivity index (χ1) is 7.95. The van der Waals surface area contributed by atoms with Gasteiger partial charge in [0.1, 0.15) is 0 Å². The summed E-state index contributed by atoms with van der Waals surface area (Å²) < 4.78 is 16.5. The minimum atomic E-state index is 0.235. The molecule has 0 amide bonds. The molecule has 2 fully saturated rings. The molecule has 0 spiro atoms. The van der Waals surface area contributed by atoms with Crippen LogP contribution in [0.15, 0.2) is 11.8 Å². The lowest BCUT2D eigenvalue weighted by atomic mass is 9.96. The van der Waals surface area contributed by atoms with Crippen LogP contribution in [-0.2, 0) is 14.2 Å². The van der Waals surface area contributed by atoms with E-state index in [4.69, 9.17) is 14.2 Å². The second kappa shape index (κ2) is 6.92. The van der Waals surface area contributed by atoms with E-state index in [-0.39, 0.29) is 6.10 Å². The van der Waals surface area contributed by atoms with Crippen molar-refractivity contribution >= 4 is 0 Å². The first kappa shape index (κ1) is 11.9. The Labute approximate surface area is 97.8 Å². The largest absolute Gasteiger partial charge is 0.501 e. The maximum Gasteiger partial charge on any atom is 0.0898 e. The van der Waals surface area contributed by atoms with Crippen molar-refractivity contribution in [3.63, 3.8) is 0 Å². The number of hydrogen-bond donors (Lipinski definition) is 0. The van der Waals surface area contributed by atoms with Gasteiger partial charge < -0.3 is 14.2 Å². The summed E-state index contributed by atoms with van der Waals surface area (Å²) in [6.07, 6.45) is 9.63. The first-order valence-corrected chi connectivity index (χ1v) is 6.44. The second-order valence-corrected chi connectivity index (χ2v) is 4.56. The van der Waals surface area contributed by atoms with Crippen LogP contribution < -0.4 is 0 Å². The Morgan fingerprint density at radius 3 is 2.81 bits per heavy atom. The average Bonchev–Trinajstić information content (AvgIpc) is 2.37. The molecule has 1 unspecified atom stereocenters. The fraction of sp³-hybridized carbons (Fsp3) is 0.846. The topological polar surface area (TPSA) is 27.7 Å². The molecule has 0 N–H and O–H groups in total. The smallest absolute Gasteiger partial charge is 0.0898 e. The molecule has 1 aliphatic heterocycles. The third-order valence-corrected chi connectivity index (χ3v) is 3.19. The summed E-state index contributed by atoms with van der Waals surface area (Å²) in [6.45, 7) is 2.94. The normalized spacial score (nSPS) is 26.5. The minimum Gasteiger partial charge on any atom is -0.501 e. The molecule has 0 aromatic carbocycles. The summed E-state index contributed by atoms with van der Waals surface area (Å²) in [5, 5.41) is 0. The Kier molecular flexibility index (Phi) is 5.16. The number of allylic oxidation sites excluding steroid dienone is 1. The van der Waals surface area contributed by atoms with Crippen molar-refractivity contribution in [3.05, 3.63) is 11.8 Å². The van der Waals surface area contributed by atoms with Gasteiger partial charge in [0.05, 0.1) is 38.8 Å². The molecule has 0 bridgehead atoms. The van der Waals surface area contributed by atoms with Crippen LogP contribution in [-0.4, -0.2) is 32.5 Å². The van der Waals surface area contributed by atoms with Crippen molar-refractivity contribution < 1.29 is 14.2 Å². The highest BCUT2D eigenvalue weighted by molar-refractivity contribution is 5.00. The van der Waals surface area contributed by atoms with Gasteiger partial charge in [-0.05, 0) is 31.3 Å². The summed E-state index contributed by atoms with van der Waals surface area (Å²) in [6, 6.07) is 0. The van der Waals surface area contributed by atoms with Crippen molar-refractivity contribution in [1.29, 1.82) is 0 Å². The predicted molar refractivity (Wildman–Crippen MR) is 62.3 cm³/mol. The van der Waals surface area contributed by atoms with E-state index in [0.29, 0.717) is 0 Å². The Bertz CT molecular complexity index is 211. The standard InChI is InChI=1S/C13H22O3/c1-2-4-12(5-3-1)10-14-7-6-13-11-15-8-9-16-13/h10,13H,1-9,11H2. The van der Waals surface area contributed by atoms with E-state index in [9.17, 15) is 0 Å². The number of hydrogen-bond acceptors (Lipinski definition) is 3. The molecule has 3 heteroatoms. The Morgan fingerprint density at radius 1 is 1.19 bits per heavy atom. The summed E-state index contributed by atoms with van der Waals surface area (Å²) >= 11 is 0. The highest BCUT2D eigenvalue weighted by Crippen LogP contribution is 2.22. The van der Waals surface area contributed by atoms with Crippen LogP contribution in [0, 0.1) is 0 Å². The zero-order chi connectivity index (χ0) is 11.1. The van der Waals surface area contributed by atoms with Gasteiger partial charge in [-0.3, -0.25) is 0 Å². The van der Waals surface area contributed by atoms with Crippen molar-refractivity contribution in [3.8, 4) is 0 Å². The third kappa shape index (κ3) is 4.14. The maximum absolute atomic E-state index is 5.58. The van der Waals surface area contributed by atoms with Crippen LogP contribution in [0.25, 0.3) is 0 Å². The number of rotatable bonds is 4. The van der Waals surface area contributed by atoms with Crippen LogP contribution in [0.1, 0.15) is 38.5 Å². The highest BCUT2D eigenvalue weighted by atomic mass is 16.6. The van der Waals surface area contributed by atoms with Gasteiger partial charge in [0.2, 0.25) is 0 Å². The highest BCUT2D eigenvalue weighted by Gasteiger charge is 2.13. The Morgan fingerprint density at radius 2 is 2.06 bits per heavy atom. The van der Waals surface area contributed by atoms with Gasteiger partial charge in [-0.2, -0.15) is 0 Å². The maximum atomic E-state index is 5.58. The van der Waals surface area contributed by atoms with Crippen molar-refractivity contribution in [2.24, 2.45) is 0 Å². The molecule has 92 valence electrons. The molecule has 0 radical (unpaired) electrons. The molecule has 1 heterocycles. The third-order valence-electron chi connectivity index (χ3n) is 3.19. The second-order valence-electron chi connectivity index (χ2n) is 4.56.